The summed E-state index contributed by atoms with van der Waals surface area (Å²) in [6.07, 6.45) is 1.48. The van der Waals surface area contributed by atoms with Crippen molar-refractivity contribution in [3.63, 3.8) is 0 Å². The Labute approximate surface area is 187 Å². The highest BCUT2D eigenvalue weighted by Gasteiger charge is 2.14. The maximum Gasteiger partial charge on any atom is 0.272 e. The molecule has 0 aliphatic rings. The molecule has 0 aliphatic carbocycles. The van der Waals surface area contributed by atoms with Crippen LogP contribution >= 0.6 is 15.9 Å². The number of fused-ring (bicyclic) bond motifs is 1. The number of hydrogen-bond acceptors (Lipinski definition) is 5. The molecular formula is C24H18BrN3O3. The van der Waals surface area contributed by atoms with E-state index in [1.165, 1.54) is 19.4 Å². The third-order valence-electron chi connectivity index (χ3n) is 4.70. The molecule has 0 radical (unpaired) electrons. The van der Waals surface area contributed by atoms with E-state index in [4.69, 9.17) is 9.72 Å². The Balaban J connectivity index is 1.66. The number of aromatic nitrogens is 1. The first-order valence-corrected chi connectivity index (χ1v) is 10.2. The van der Waals surface area contributed by atoms with Crippen LogP contribution in [0, 0.1) is 0 Å². The van der Waals surface area contributed by atoms with Gasteiger partial charge in [-0.15, -0.1) is 0 Å². The molecule has 7 heteroatoms. The molecule has 0 unspecified atom stereocenters. The number of benzene rings is 3. The second-order valence-corrected chi connectivity index (χ2v) is 7.54. The molecule has 1 aromatic heterocycles. The van der Waals surface area contributed by atoms with Crippen LogP contribution in [0.5, 0.6) is 11.5 Å². The van der Waals surface area contributed by atoms with Gasteiger partial charge in [0.15, 0.2) is 11.5 Å². The fraction of sp³-hybridized carbons (Fsp3) is 0.0417. The molecule has 0 saturated heterocycles. The molecule has 4 aromatic rings. The lowest BCUT2D eigenvalue weighted by atomic mass is 10.0. The number of carbonyl (C=O) groups is 1. The number of aromatic hydroxyl groups is 1. The van der Waals surface area contributed by atoms with Crippen molar-refractivity contribution in [1.29, 1.82) is 0 Å². The number of phenols is 1. The number of nitrogens with one attached hydrogen (secondary N) is 1. The van der Waals surface area contributed by atoms with Gasteiger partial charge in [-0.1, -0.05) is 48.5 Å². The van der Waals surface area contributed by atoms with Gasteiger partial charge in [-0.25, -0.2) is 10.4 Å². The zero-order valence-corrected chi connectivity index (χ0v) is 18.1. The Morgan fingerprint density at radius 1 is 1.10 bits per heavy atom. The van der Waals surface area contributed by atoms with Gasteiger partial charge in [0.1, 0.15) is 0 Å². The van der Waals surface area contributed by atoms with Crippen molar-refractivity contribution in [2.45, 2.75) is 0 Å². The second kappa shape index (κ2) is 8.97. The van der Waals surface area contributed by atoms with E-state index in [-0.39, 0.29) is 11.7 Å². The third kappa shape index (κ3) is 4.41. The van der Waals surface area contributed by atoms with E-state index in [0.29, 0.717) is 27.0 Å². The van der Waals surface area contributed by atoms with Gasteiger partial charge < -0.3 is 9.84 Å². The van der Waals surface area contributed by atoms with E-state index in [1.54, 1.807) is 12.1 Å². The summed E-state index contributed by atoms with van der Waals surface area (Å²) in [5.74, 6) is -0.0373. The predicted octanol–water partition coefficient (Wildman–Crippen LogP) is 5.14. The van der Waals surface area contributed by atoms with E-state index in [9.17, 15) is 9.90 Å². The van der Waals surface area contributed by atoms with Crippen LogP contribution in [0.1, 0.15) is 15.9 Å². The molecular weight excluding hydrogens is 458 g/mol. The van der Waals surface area contributed by atoms with Crippen molar-refractivity contribution in [3.05, 3.63) is 88.4 Å². The molecule has 0 saturated carbocycles. The summed E-state index contributed by atoms with van der Waals surface area (Å²) in [6, 6.07) is 22.1. The van der Waals surface area contributed by atoms with Crippen LogP contribution in [0.25, 0.3) is 22.2 Å². The monoisotopic (exact) mass is 475 g/mol. The molecule has 0 spiro atoms. The fourth-order valence-electron chi connectivity index (χ4n) is 3.16. The summed E-state index contributed by atoms with van der Waals surface area (Å²) in [5.41, 5.74) is 6.05. The maximum absolute atomic E-state index is 13.0. The van der Waals surface area contributed by atoms with Gasteiger partial charge in [-0.05, 0) is 40.2 Å². The highest BCUT2D eigenvalue weighted by Crippen LogP contribution is 2.31. The molecule has 2 N–H and O–H groups in total. The standard InChI is InChI=1S/C24H18BrN3O3/c1-31-23-11-16(19(25)13-22(23)29)14-26-28-24(30)18-12-21(15-7-3-2-4-8-15)27-20-10-6-5-9-17(18)20/h2-14,29H,1H3,(H,28,30)/b26-14+. The maximum atomic E-state index is 13.0. The summed E-state index contributed by atoms with van der Waals surface area (Å²) in [5, 5.41) is 14.6. The van der Waals surface area contributed by atoms with Gasteiger partial charge in [-0.3, -0.25) is 4.79 Å². The quantitative estimate of drug-likeness (QED) is 0.309. The number of amides is 1. The molecule has 0 aliphatic heterocycles. The smallest absolute Gasteiger partial charge is 0.272 e. The van der Waals surface area contributed by atoms with Crippen molar-refractivity contribution >= 4 is 39.0 Å². The Kier molecular flexibility index (Phi) is 5.95. The highest BCUT2D eigenvalue weighted by molar-refractivity contribution is 9.10. The number of ether oxygens (including phenoxy) is 1. The van der Waals surface area contributed by atoms with E-state index >= 15 is 0 Å². The first kappa shape index (κ1) is 20.6. The van der Waals surface area contributed by atoms with Crippen LogP contribution in [-0.4, -0.2) is 29.3 Å². The molecule has 1 amide bonds. The van der Waals surface area contributed by atoms with E-state index < -0.39 is 0 Å². The van der Waals surface area contributed by atoms with Crippen molar-refractivity contribution in [2.24, 2.45) is 5.10 Å². The van der Waals surface area contributed by atoms with Crippen LogP contribution in [0.3, 0.4) is 0 Å². The van der Waals surface area contributed by atoms with E-state index in [2.05, 4.69) is 26.5 Å². The molecule has 31 heavy (non-hydrogen) atoms. The first-order chi connectivity index (χ1) is 15.1. The van der Waals surface area contributed by atoms with Crippen LogP contribution in [0.2, 0.25) is 0 Å². The lowest BCUT2D eigenvalue weighted by Gasteiger charge is -2.09. The first-order valence-electron chi connectivity index (χ1n) is 9.42. The lowest BCUT2D eigenvalue weighted by Crippen LogP contribution is -2.18. The number of halogens is 1. The average molecular weight is 476 g/mol. The summed E-state index contributed by atoms with van der Waals surface area (Å²) in [6.45, 7) is 0. The van der Waals surface area contributed by atoms with E-state index in [0.717, 1.165) is 16.5 Å². The highest BCUT2D eigenvalue weighted by atomic mass is 79.9. The number of para-hydroxylation sites is 1. The van der Waals surface area contributed by atoms with Crippen molar-refractivity contribution < 1.29 is 14.6 Å². The van der Waals surface area contributed by atoms with Crippen molar-refractivity contribution in [2.75, 3.05) is 7.11 Å². The predicted molar refractivity (Wildman–Crippen MR) is 125 cm³/mol. The molecule has 6 nitrogen and oxygen atoms in total. The number of hydrogen-bond donors (Lipinski definition) is 2. The Morgan fingerprint density at radius 3 is 2.61 bits per heavy atom. The largest absolute Gasteiger partial charge is 0.504 e. The summed E-state index contributed by atoms with van der Waals surface area (Å²) >= 11 is 3.36. The summed E-state index contributed by atoms with van der Waals surface area (Å²) in [7, 11) is 1.46. The molecule has 154 valence electrons. The molecule has 4 rings (SSSR count). The number of nitrogens with zero attached hydrogens (tertiary/aromatic N) is 2. The minimum absolute atomic E-state index is 0.00672. The zero-order valence-electron chi connectivity index (χ0n) is 16.5. The topological polar surface area (TPSA) is 83.8 Å². The normalized spacial score (nSPS) is 11.0. The van der Waals surface area contributed by atoms with E-state index in [1.807, 2.05) is 54.6 Å². The van der Waals surface area contributed by atoms with Crippen LogP contribution in [0.4, 0.5) is 0 Å². The third-order valence-corrected chi connectivity index (χ3v) is 5.39. The molecule has 0 bridgehead atoms. The Bertz CT molecular complexity index is 1290. The van der Waals surface area contributed by atoms with Gasteiger partial charge in [0.25, 0.3) is 5.91 Å². The molecule has 0 fully saturated rings. The number of carbonyl (C=O) groups excluding carboxylic acids is 1. The van der Waals surface area contributed by atoms with Crippen LogP contribution < -0.4 is 10.2 Å². The van der Waals surface area contributed by atoms with Crippen molar-refractivity contribution in [1.82, 2.24) is 10.4 Å². The number of hydrazone groups is 1. The molecule has 0 atom stereocenters. The minimum Gasteiger partial charge on any atom is -0.504 e. The Hall–Kier alpha value is -3.71. The van der Waals surface area contributed by atoms with Gasteiger partial charge in [0.2, 0.25) is 0 Å². The second-order valence-electron chi connectivity index (χ2n) is 6.68. The van der Waals surface area contributed by atoms with Gasteiger partial charge >= 0.3 is 0 Å². The van der Waals surface area contributed by atoms with Gasteiger partial charge in [0.05, 0.1) is 30.1 Å². The Morgan fingerprint density at radius 2 is 1.84 bits per heavy atom. The minimum atomic E-state index is -0.353. The number of rotatable bonds is 5. The summed E-state index contributed by atoms with van der Waals surface area (Å²) in [4.78, 5) is 17.7. The SMILES string of the molecule is COc1cc(/C=N/NC(=O)c2cc(-c3ccccc3)nc3ccccc23)c(Br)cc1O. The van der Waals surface area contributed by atoms with Crippen molar-refractivity contribution in [3.8, 4) is 22.8 Å². The molecule has 3 aromatic carbocycles. The van der Waals surface area contributed by atoms with Gasteiger partial charge in [0, 0.05) is 21.0 Å². The number of pyridine rings is 1. The average Bonchev–Trinajstić information content (AvgIpc) is 2.80. The lowest BCUT2D eigenvalue weighted by molar-refractivity contribution is 0.0956. The number of phenolic OH excluding ortho intramolecular Hbond substituents is 1. The number of methoxy groups -OCH3 is 1. The fourth-order valence-corrected chi connectivity index (χ4v) is 3.60. The van der Waals surface area contributed by atoms with Gasteiger partial charge in [-0.2, -0.15) is 5.10 Å². The zero-order chi connectivity index (χ0) is 21.8. The summed E-state index contributed by atoms with van der Waals surface area (Å²) < 4.78 is 5.73. The molecule has 1 heterocycles. The van der Waals surface area contributed by atoms with Crippen LogP contribution in [-0.2, 0) is 0 Å². The van der Waals surface area contributed by atoms with Crippen LogP contribution in [0.15, 0.2) is 82.4 Å².